The van der Waals surface area contributed by atoms with Crippen molar-refractivity contribution in [3.63, 3.8) is 0 Å². The summed E-state index contributed by atoms with van der Waals surface area (Å²) in [5.41, 5.74) is 0.459. The van der Waals surface area contributed by atoms with Crippen LogP contribution in [0.25, 0.3) is 0 Å². The Labute approximate surface area is 138 Å². The monoisotopic (exact) mass is 345 g/mol. The number of hydrogen-bond acceptors (Lipinski definition) is 3. The SMILES string of the molecule is CC(NC(=O)Nc1cc(Cl)cc(Cl)c1)C(=O)N1CCOCC1. The predicted molar refractivity (Wildman–Crippen MR) is 85.5 cm³/mol. The molecule has 1 unspecified atom stereocenters. The Morgan fingerprint density at radius 3 is 2.36 bits per heavy atom. The van der Waals surface area contributed by atoms with E-state index < -0.39 is 12.1 Å². The Bertz CT molecular complexity index is 542. The molecule has 0 bridgehead atoms. The molecular weight excluding hydrogens is 329 g/mol. The maximum Gasteiger partial charge on any atom is 0.319 e. The minimum absolute atomic E-state index is 0.137. The van der Waals surface area contributed by atoms with Gasteiger partial charge in [0.25, 0.3) is 0 Å². The van der Waals surface area contributed by atoms with Gasteiger partial charge in [-0.25, -0.2) is 4.79 Å². The second-order valence-corrected chi connectivity index (χ2v) is 5.79. The zero-order valence-corrected chi connectivity index (χ0v) is 13.6. The van der Waals surface area contributed by atoms with Crippen LogP contribution in [0.15, 0.2) is 18.2 Å². The lowest BCUT2D eigenvalue weighted by molar-refractivity contribution is -0.136. The van der Waals surface area contributed by atoms with Gasteiger partial charge in [0.05, 0.1) is 13.2 Å². The van der Waals surface area contributed by atoms with Crippen LogP contribution in [0.1, 0.15) is 6.92 Å². The van der Waals surface area contributed by atoms with Crippen LogP contribution in [-0.4, -0.2) is 49.2 Å². The number of anilines is 1. The Hall–Kier alpha value is -1.50. The maximum atomic E-state index is 12.2. The summed E-state index contributed by atoms with van der Waals surface area (Å²) < 4.78 is 5.19. The van der Waals surface area contributed by atoms with Crippen molar-refractivity contribution in [3.05, 3.63) is 28.2 Å². The lowest BCUT2D eigenvalue weighted by Gasteiger charge is -2.29. The molecule has 8 heteroatoms. The Morgan fingerprint density at radius 1 is 1.18 bits per heavy atom. The van der Waals surface area contributed by atoms with Gasteiger partial charge in [0.1, 0.15) is 6.04 Å². The number of carbonyl (C=O) groups excluding carboxylic acids is 2. The van der Waals surface area contributed by atoms with Crippen molar-refractivity contribution in [2.45, 2.75) is 13.0 Å². The van der Waals surface area contributed by atoms with Crippen LogP contribution in [0.2, 0.25) is 10.0 Å². The smallest absolute Gasteiger partial charge is 0.319 e. The standard InChI is InChI=1S/C14H17Cl2N3O3/c1-9(13(20)19-2-4-22-5-3-19)17-14(21)18-12-7-10(15)6-11(16)8-12/h6-9H,2-5H2,1H3,(H2,17,18,21). The first kappa shape index (κ1) is 16.9. The number of urea groups is 1. The van der Waals surface area contributed by atoms with Gasteiger partial charge in [-0.2, -0.15) is 0 Å². The number of rotatable bonds is 3. The molecule has 2 N–H and O–H groups in total. The van der Waals surface area contributed by atoms with Crippen molar-refractivity contribution in [1.82, 2.24) is 10.2 Å². The predicted octanol–water partition coefficient (Wildman–Crippen LogP) is 2.36. The summed E-state index contributed by atoms with van der Waals surface area (Å²) in [6.45, 7) is 3.76. The lowest BCUT2D eigenvalue weighted by atomic mass is 10.2. The van der Waals surface area contributed by atoms with Crippen molar-refractivity contribution in [2.24, 2.45) is 0 Å². The number of carbonyl (C=O) groups is 2. The van der Waals surface area contributed by atoms with Gasteiger partial charge in [0, 0.05) is 28.8 Å². The molecule has 6 nitrogen and oxygen atoms in total. The lowest BCUT2D eigenvalue weighted by Crippen LogP contribution is -2.51. The zero-order valence-electron chi connectivity index (χ0n) is 12.1. The third-order valence-electron chi connectivity index (χ3n) is 3.16. The van der Waals surface area contributed by atoms with E-state index in [9.17, 15) is 9.59 Å². The van der Waals surface area contributed by atoms with Crippen LogP contribution in [0.4, 0.5) is 10.5 Å². The molecule has 0 aliphatic carbocycles. The third-order valence-corrected chi connectivity index (χ3v) is 3.60. The largest absolute Gasteiger partial charge is 0.378 e. The fourth-order valence-electron chi connectivity index (χ4n) is 2.11. The van der Waals surface area contributed by atoms with Gasteiger partial charge < -0.3 is 20.3 Å². The third kappa shape index (κ3) is 4.76. The van der Waals surface area contributed by atoms with E-state index in [-0.39, 0.29) is 5.91 Å². The van der Waals surface area contributed by atoms with Gasteiger partial charge in [-0.15, -0.1) is 0 Å². The molecule has 0 radical (unpaired) electrons. The molecule has 22 heavy (non-hydrogen) atoms. The van der Waals surface area contributed by atoms with Crippen LogP contribution in [-0.2, 0) is 9.53 Å². The highest BCUT2D eigenvalue weighted by molar-refractivity contribution is 6.35. The first-order chi connectivity index (χ1) is 10.5. The first-order valence-corrected chi connectivity index (χ1v) is 7.61. The van der Waals surface area contributed by atoms with Crippen LogP contribution < -0.4 is 10.6 Å². The van der Waals surface area contributed by atoms with Crippen molar-refractivity contribution in [3.8, 4) is 0 Å². The number of ether oxygens (including phenoxy) is 1. The Balaban J connectivity index is 1.89. The van der Waals surface area contributed by atoms with Crippen LogP contribution in [0.5, 0.6) is 0 Å². The molecule has 0 aromatic heterocycles. The summed E-state index contributed by atoms with van der Waals surface area (Å²) in [5.74, 6) is -0.137. The van der Waals surface area contributed by atoms with Gasteiger partial charge in [-0.1, -0.05) is 23.2 Å². The molecule has 120 valence electrons. The molecule has 2 rings (SSSR count). The number of hydrogen-bond donors (Lipinski definition) is 2. The van der Waals surface area contributed by atoms with E-state index in [1.165, 1.54) is 0 Å². The normalized spacial score (nSPS) is 16.0. The van der Waals surface area contributed by atoms with Gasteiger partial charge in [0.15, 0.2) is 0 Å². The van der Waals surface area contributed by atoms with Crippen molar-refractivity contribution in [2.75, 3.05) is 31.6 Å². The molecule has 1 saturated heterocycles. The summed E-state index contributed by atoms with van der Waals surface area (Å²) in [6.07, 6.45) is 0. The number of halogens is 2. The van der Waals surface area contributed by atoms with E-state index in [0.29, 0.717) is 42.0 Å². The topological polar surface area (TPSA) is 70.7 Å². The highest BCUT2D eigenvalue weighted by Crippen LogP contribution is 2.22. The molecule has 1 aromatic carbocycles. The molecule has 1 aromatic rings. The van der Waals surface area contributed by atoms with E-state index >= 15 is 0 Å². The van der Waals surface area contributed by atoms with E-state index in [1.807, 2.05) is 0 Å². The number of benzene rings is 1. The first-order valence-electron chi connectivity index (χ1n) is 6.86. The summed E-state index contributed by atoms with van der Waals surface area (Å²) in [6, 6.07) is 3.58. The van der Waals surface area contributed by atoms with Gasteiger partial charge in [0.2, 0.25) is 5.91 Å². The average Bonchev–Trinajstić information content (AvgIpc) is 2.46. The average molecular weight is 346 g/mol. The molecule has 1 heterocycles. The summed E-state index contributed by atoms with van der Waals surface area (Å²) in [7, 11) is 0. The Morgan fingerprint density at radius 2 is 1.77 bits per heavy atom. The molecule has 1 aliphatic rings. The summed E-state index contributed by atoms with van der Waals surface area (Å²) in [4.78, 5) is 25.8. The number of nitrogens with one attached hydrogen (secondary N) is 2. The number of morpholine rings is 1. The fourth-order valence-corrected chi connectivity index (χ4v) is 2.64. The quantitative estimate of drug-likeness (QED) is 0.883. The molecule has 1 aliphatic heterocycles. The number of amides is 3. The summed E-state index contributed by atoms with van der Waals surface area (Å²) >= 11 is 11.7. The van der Waals surface area contributed by atoms with Gasteiger partial charge in [-0.3, -0.25) is 4.79 Å². The van der Waals surface area contributed by atoms with E-state index in [1.54, 1.807) is 30.0 Å². The molecular formula is C14H17Cl2N3O3. The van der Waals surface area contributed by atoms with E-state index in [0.717, 1.165) is 0 Å². The second-order valence-electron chi connectivity index (χ2n) is 4.92. The van der Waals surface area contributed by atoms with E-state index in [4.69, 9.17) is 27.9 Å². The zero-order chi connectivity index (χ0) is 16.1. The highest BCUT2D eigenvalue weighted by atomic mass is 35.5. The molecule has 3 amide bonds. The fraction of sp³-hybridized carbons (Fsp3) is 0.429. The highest BCUT2D eigenvalue weighted by Gasteiger charge is 2.23. The number of nitrogens with zero attached hydrogens (tertiary/aromatic N) is 1. The minimum atomic E-state index is -0.632. The molecule has 0 spiro atoms. The van der Waals surface area contributed by atoms with Crippen molar-refractivity contribution in [1.29, 1.82) is 0 Å². The van der Waals surface area contributed by atoms with Crippen LogP contribution in [0, 0.1) is 0 Å². The molecule has 1 atom stereocenters. The Kier molecular flexibility index (Phi) is 5.88. The molecule has 0 saturated carbocycles. The van der Waals surface area contributed by atoms with Gasteiger partial charge >= 0.3 is 6.03 Å². The van der Waals surface area contributed by atoms with Crippen LogP contribution in [0.3, 0.4) is 0 Å². The molecule has 1 fully saturated rings. The van der Waals surface area contributed by atoms with Crippen LogP contribution >= 0.6 is 23.2 Å². The second kappa shape index (κ2) is 7.67. The van der Waals surface area contributed by atoms with E-state index in [2.05, 4.69) is 10.6 Å². The summed E-state index contributed by atoms with van der Waals surface area (Å²) in [5, 5.41) is 6.03. The van der Waals surface area contributed by atoms with Gasteiger partial charge in [-0.05, 0) is 25.1 Å². The minimum Gasteiger partial charge on any atom is -0.378 e. The maximum absolute atomic E-state index is 12.2. The van der Waals surface area contributed by atoms with Crippen molar-refractivity contribution >= 4 is 40.8 Å². The van der Waals surface area contributed by atoms with Crippen molar-refractivity contribution < 1.29 is 14.3 Å².